The van der Waals surface area contributed by atoms with Gasteiger partial charge < -0.3 is 5.21 Å². The van der Waals surface area contributed by atoms with Crippen LogP contribution >= 0.6 is 0 Å². The average molecular weight is 296 g/mol. The molecule has 3 rings (SSSR count). The molecule has 2 N–H and O–H groups in total. The highest BCUT2D eigenvalue weighted by atomic mass is 16.5. The Balaban J connectivity index is 2.22. The fraction of sp³-hybridized carbons (Fsp3) is 0.176. The second-order valence-corrected chi connectivity index (χ2v) is 5.13. The van der Waals surface area contributed by atoms with Crippen molar-refractivity contribution in [2.24, 2.45) is 0 Å². The van der Waals surface area contributed by atoms with Crippen molar-refractivity contribution in [2.75, 3.05) is 0 Å². The summed E-state index contributed by atoms with van der Waals surface area (Å²) in [7, 11) is 0. The number of hydrogen-bond acceptors (Lipinski definition) is 2. The summed E-state index contributed by atoms with van der Waals surface area (Å²) >= 11 is 0. The monoisotopic (exact) mass is 296 g/mol. The van der Waals surface area contributed by atoms with Crippen LogP contribution in [0, 0.1) is 0 Å². The molecule has 0 saturated heterocycles. The van der Waals surface area contributed by atoms with Gasteiger partial charge in [-0.2, -0.15) is 0 Å². The van der Waals surface area contributed by atoms with E-state index in [1.807, 2.05) is 37.3 Å². The summed E-state index contributed by atoms with van der Waals surface area (Å²) in [6.07, 6.45) is 3.05. The highest BCUT2D eigenvalue weighted by Gasteiger charge is 2.23. The molecule has 5 nitrogen and oxygen atoms in total. The van der Waals surface area contributed by atoms with E-state index in [2.05, 4.69) is 5.10 Å². The Bertz CT molecular complexity index is 835. The molecule has 0 radical (unpaired) electrons. The highest BCUT2D eigenvalue weighted by Crippen LogP contribution is 2.20. The zero-order valence-electron chi connectivity index (χ0n) is 12.4. The molecule has 1 aromatic carbocycles. The molecule has 0 amide bonds. The number of benzene rings is 1. The molecule has 0 aliphatic carbocycles. The molecule has 2 aromatic heterocycles. The predicted octanol–water partition coefficient (Wildman–Crippen LogP) is 2.31. The maximum Gasteiger partial charge on any atom is 0.363 e. The standard InChI is InChI=1S/C17H17N3O2/c1-2-8-14-16(13-9-4-3-5-10-13)18-20(17(14)21)15-11-6-7-12-19(15)22/h3-7,9-12H,2,8H2,1H3,(H-,18,21,22)/p+1. The topological polar surface area (TPSA) is 61.9 Å². The Labute approximate surface area is 128 Å². The van der Waals surface area contributed by atoms with Gasteiger partial charge in [-0.3, -0.25) is 0 Å². The smallest absolute Gasteiger partial charge is 0.350 e. The van der Waals surface area contributed by atoms with E-state index >= 15 is 0 Å². The molecule has 0 saturated carbocycles. The first-order chi connectivity index (χ1) is 10.7. The van der Waals surface area contributed by atoms with Crippen LogP contribution in [0.15, 0.2) is 59.5 Å². The summed E-state index contributed by atoms with van der Waals surface area (Å²) in [6, 6.07) is 14.9. The highest BCUT2D eigenvalue weighted by molar-refractivity contribution is 5.62. The van der Waals surface area contributed by atoms with E-state index < -0.39 is 0 Å². The lowest BCUT2D eigenvalue weighted by Crippen LogP contribution is -2.38. The summed E-state index contributed by atoms with van der Waals surface area (Å²) in [5.41, 5.74) is 2.37. The normalized spacial score (nSPS) is 10.8. The van der Waals surface area contributed by atoms with Crippen molar-refractivity contribution in [1.29, 1.82) is 0 Å². The SMILES string of the molecule is CCCc1c(-c2ccccc2)[nH]n(-c2cccc[n+]2O)c1=O. The Morgan fingerprint density at radius 3 is 2.55 bits per heavy atom. The summed E-state index contributed by atoms with van der Waals surface area (Å²) in [5.74, 6) is 0.382. The van der Waals surface area contributed by atoms with Crippen molar-refractivity contribution in [3.63, 3.8) is 0 Å². The van der Waals surface area contributed by atoms with Crippen molar-refractivity contribution >= 4 is 0 Å². The molecule has 112 valence electrons. The first-order valence-electron chi connectivity index (χ1n) is 7.32. The molecule has 0 bridgehead atoms. The number of hydrogen-bond donors (Lipinski definition) is 2. The number of H-pyrrole nitrogens is 1. The lowest BCUT2D eigenvalue weighted by atomic mass is 10.1. The number of aromatic nitrogens is 3. The van der Waals surface area contributed by atoms with E-state index in [1.165, 1.54) is 10.9 Å². The molecular formula is C17H18N3O2+. The first kappa shape index (κ1) is 14.1. The van der Waals surface area contributed by atoms with E-state index in [0.717, 1.165) is 28.0 Å². The zero-order chi connectivity index (χ0) is 15.5. The summed E-state index contributed by atoms with van der Waals surface area (Å²) in [6.45, 7) is 2.04. The van der Waals surface area contributed by atoms with Crippen LogP contribution in [0.25, 0.3) is 17.1 Å². The minimum atomic E-state index is -0.130. The number of aromatic amines is 1. The third kappa shape index (κ3) is 2.41. The van der Waals surface area contributed by atoms with Gasteiger partial charge in [-0.1, -0.05) is 54.4 Å². The molecule has 3 aromatic rings. The lowest BCUT2D eigenvalue weighted by molar-refractivity contribution is -0.899. The fourth-order valence-corrected chi connectivity index (χ4v) is 2.56. The molecule has 0 unspecified atom stereocenters. The number of nitrogens with zero attached hydrogens (tertiary/aromatic N) is 2. The molecule has 0 atom stereocenters. The third-order valence-electron chi connectivity index (χ3n) is 3.60. The van der Waals surface area contributed by atoms with Gasteiger partial charge in [0.1, 0.15) is 6.20 Å². The van der Waals surface area contributed by atoms with Gasteiger partial charge in [0, 0.05) is 11.6 Å². The second-order valence-electron chi connectivity index (χ2n) is 5.13. The molecule has 0 aliphatic rings. The first-order valence-corrected chi connectivity index (χ1v) is 7.32. The van der Waals surface area contributed by atoms with E-state index in [1.54, 1.807) is 18.2 Å². The van der Waals surface area contributed by atoms with Gasteiger partial charge in [0.15, 0.2) is 0 Å². The molecule has 0 spiro atoms. The van der Waals surface area contributed by atoms with Gasteiger partial charge in [0.05, 0.1) is 11.3 Å². The van der Waals surface area contributed by atoms with E-state index in [0.29, 0.717) is 12.2 Å². The second kappa shape index (κ2) is 5.89. The Kier molecular flexibility index (Phi) is 3.78. The predicted molar refractivity (Wildman–Crippen MR) is 83.2 cm³/mol. The van der Waals surface area contributed by atoms with Crippen LogP contribution in [0.2, 0.25) is 0 Å². The van der Waals surface area contributed by atoms with Gasteiger partial charge in [-0.15, -0.1) is 0 Å². The van der Waals surface area contributed by atoms with Gasteiger partial charge in [-0.05, 0) is 17.2 Å². The maximum atomic E-state index is 12.7. The number of nitrogens with one attached hydrogen (secondary N) is 1. The van der Waals surface area contributed by atoms with E-state index in [4.69, 9.17) is 0 Å². The van der Waals surface area contributed by atoms with Crippen LogP contribution < -0.4 is 10.3 Å². The zero-order valence-corrected chi connectivity index (χ0v) is 12.4. The van der Waals surface area contributed by atoms with Crippen molar-refractivity contribution in [1.82, 2.24) is 9.78 Å². The van der Waals surface area contributed by atoms with Crippen LogP contribution in [-0.2, 0) is 6.42 Å². The molecule has 0 fully saturated rings. The summed E-state index contributed by atoms with van der Waals surface area (Å²) < 4.78 is 2.32. The van der Waals surface area contributed by atoms with Crippen molar-refractivity contribution in [3.8, 4) is 17.1 Å². The summed E-state index contributed by atoms with van der Waals surface area (Å²) in [4.78, 5) is 12.7. The molecule has 0 aliphatic heterocycles. The summed E-state index contributed by atoms with van der Waals surface area (Å²) in [5, 5.41) is 13.1. The van der Waals surface area contributed by atoms with Crippen molar-refractivity contribution in [3.05, 3.63) is 70.6 Å². The van der Waals surface area contributed by atoms with Crippen LogP contribution in [0.3, 0.4) is 0 Å². The van der Waals surface area contributed by atoms with Gasteiger partial charge in [-0.25, -0.2) is 9.89 Å². The van der Waals surface area contributed by atoms with Crippen LogP contribution in [0.5, 0.6) is 0 Å². The van der Waals surface area contributed by atoms with Crippen LogP contribution in [0.1, 0.15) is 18.9 Å². The Morgan fingerprint density at radius 2 is 1.86 bits per heavy atom. The molecule has 22 heavy (non-hydrogen) atoms. The van der Waals surface area contributed by atoms with Gasteiger partial charge >= 0.3 is 11.4 Å². The van der Waals surface area contributed by atoms with E-state index in [-0.39, 0.29) is 5.56 Å². The van der Waals surface area contributed by atoms with Crippen LogP contribution in [-0.4, -0.2) is 15.0 Å². The molecule has 5 heteroatoms. The minimum absolute atomic E-state index is 0.130. The van der Waals surface area contributed by atoms with Gasteiger partial charge in [0.2, 0.25) is 0 Å². The number of rotatable bonds is 4. The van der Waals surface area contributed by atoms with Crippen molar-refractivity contribution < 1.29 is 9.94 Å². The largest absolute Gasteiger partial charge is 0.363 e. The minimum Gasteiger partial charge on any atom is -0.350 e. The lowest BCUT2D eigenvalue weighted by Gasteiger charge is -1.99. The molecular weight excluding hydrogens is 278 g/mol. The number of pyridine rings is 1. The van der Waals surface area contributed by atoms with Gasteiger partial charge in [0.25, 0.3) is 0 Å². The average Bonchev–Trinajstić information content (AvgIpc) is 2.86. The Morgan fingerprint density at radius 1 is 1.14 bits per heavy atom. The fourth-order valence-electron chi connectivity index (χ4n) is 2.56. The van der Waals surface area contributed by atoms with Crippen LogP contribution in [0.4, 0.5) is 0 Å². The van der Waals surface area contributed by atoms with E-state index in [9.17, 15) is 10.0 Å². The molecule has 2 heterocycles. The maximum absolute atomic E-state index is 12.7. The quantitative estimate of drug-likeness (QED) is 0.573. The van der Waals surface area contributed by atoms with Crippen molar-refractivity contribution in [2.45, 2.75) is 19.8 Å². The third-order valence-corrected chi connectivity index (χ3v) is 3.60. The Hall–Kier alpha value is -2.82.